The van der Waals surface area contributed by atoms with Crippen LogP contribution in [0.5, 0.6) is 0 Å². The Kier molecular flexibility index (Phi) is 3.25. The van der Waals surface area contributed by atoms with Gasteiger partial charge in [-0.2, -0.15) is 0 Å². The summed E-state index contributed by atoms with van der Waals surface area (Å²) in [6.45, 7) is 1.71. The predicted molar refractivity (Wildman–Crippen MR) is 82.2 cm³/mol. The molecule has 4 N–H and O–H groups in total. The van der Waals surface area contributed by atoms with Crippen molar-refractivity contribution in [2.24, 2.45) is 0 Å². The molecule has 1 aliphatic rings. The highest BCUT2D eigenvalue weighted by molar-refractivity contribution is 5.96. The number of hydrogen-bond acceptors (Lipinski definition) is 3. The molecule has 0 spiro atoms. The number of aryl methyl sites for hydroxylation is 2. The van der Waals surface area contributed by atoms with Crippen LogP contribution in [0.1, 0.15) is 17.5 Å². The maximum atomic E-state index is 13.6. The maximum absolute atomic E-state index is 13.6. The molecule has 5 heteroatoms. The first-order valence-corrected chi connectivity index (χ1v) is 6.78. The van der Waals surface area contributed by atoms with E-state index in [0.717, 1.165) is 11.3 Å². The zero-order chi connectivity index (χ0) is 15.0. The van der Waals surface area contributed by atoms with Crippen molar-refractivity contribution in [2.45, 2.75) is 19.8 Å². The van der Waals surface area contributed by atoms with Gasteiger partial charge in [0, 0.05) is 17.8 Å². The zero-order valence-corrected chi connectivity index (χ0v) is 11.7. The molecule has 2 aromatic rings. The summed E-state index contributed by atoms with van der Waals surface area (Å²) in [5, 5.41) is 5.91. The second-order valence-electron chi connectivity index (χ2n) is 5.23. The lowest BCUT2D eigenvalue weighted by Gasteiger charge is -2.20. The number of nitrogens with one attached hydrogen (secondary N) is 2. The third-order valence-electron chi connectivity index (χ3n) is 3.62. The summed E-state index contributed by atoms with van der Waals surface area (Å²) in [4.78, 5) is 11.5. The van der Waals surface area contributed by atoms with E-state index in [1.165, 1.54) is 6.07 Å². The van der Waals surface area contributed by atoms with E-state index in [0.29, 0.717) is 35.5 Å². The first-order valence-electron chi connectivity index (χ1n) is 6.78. The quantitative estimate of drug-likeness (QED) is 0.741. The number of nitrogens with two attached hydrogens (primary N) is 1. The van der Waals surface area contributed by atoms with E-state index in [1.807, 2.05) is 6.07 Å². The third-order valence-corrected chi connectivity index (χ3v) is 3.62. The van der Waals surface area contributed by atoms with Gasteiger partial charge < -0.3 is 16.4 Å². The van der Waals surface area contributed by atoms with Gasteiger partial charge in [-0.05, 0) is 48.7 Å². The molecule has 0 saturated carbocycles. The van der Waals surface area contributed by atoms with E-state index in [-0.39, 0.29) is 11.7 Å². The molecule has 0 aliphatic carbocycles. The Morgan fingerprint density at radius 1 is 1.24 bits per heavy atom. The van der Waals surface area contributed by atoms with Crippen LogP contribution >= 0.6 is 0 Å². The molecule has 0 radical (unpaired) electrons. The van der Waals surface area contributed by atoms with Crippen LogP contribution in [-0.4, -0.2) is 5.91 Å². The van der Waals surface area contributed by atoms with E-state index < -0.39 is 0 Å². The molecular formula is C16H16FN3O. The number of benzene rings is 2. The van der Waals surface area contributed by atoms with Crippen molar-refractivity contribution in [3.8, 4) is 0 Å². The molecule has 0 unspecified atom stereocenters. The first-order chi connectivity index (χ1) is 10.0. The predicted octanol–water partition coefficient (Wildman–Crippen LogP) is 3.34. The summed E-state index contributed by atoms with van der Waals surface area (Å²) in [6.07, 6.45) is 1.16. The van der Waals surface area contributed by atoms with Crippen molar-refractivity contribution >= 4 is 28.7 Å². The van der Waals surface area contributed by atoms with Crippen molar-refractivity contribution < 1.29 is 9.18 Å². The topological polar surface area (TPSA) is 67.1 Å². The Balaban J connectivity index is 1.93. The first kappa shape index (κ1) is 13.4. The van der Waals surface area contributed by atoms with Gasteiger partial charge in [0.2, 0.25) is 5.91 Å². The van der Waals surface area contributed by atoms with Gasteiger partial charge in [-0.25, -0.2) is 4.39 Å². The van der Waals surface area contributed by atoms with Crippen LogP contribution in [-0.2, 0) is 11.2 Å². The van der Waals surface area contributed by atoms with Crippen LogP contribution in [0.15, 0.2) is 30.3 Å². The van der Waals surface area contributed by atoms with Gasteiger partial charge >= 0.3 is 0 Å². The normalized spacial score (nSPS) is 13.5. The van der Waals surface area contributed by atoms with Crippen LogP contribution in [0, 0.1) is 12.7 Å². The highest BCUT2D eigenvalue weighted by Crippen LogP contribution is 2.33. The molecule has 1 aliphatic heterocycles. The van der Waals surface area contributed by atoms with Crippen LogP contribution < -0.4 is 16.4 Å². The van der Waals surface area contributed by atoms with Crippen LogP contribution in [0.2, 0.25) is 0 Å². The van der Waals surface area contributed by atoms with Crippen LogP contribution in [0.3, 0.4) is 0 Å². The van der Waals surface area contributed by atoms with Crippen LogP contribution in [0.25, 0.3) is 0 Å². The Labute approximate surface area is 122 Å². The molecule has 1 amide bonds. The number of rotatable bonds is 2. The molecule has 0 aromatic heterocycles. The van der Waals surface area contributed by atoms with E-state index in [2.05, 4.69) is 10.6 Å². The largest absolute Gasteiger partial charge is 0.397 e. The number of carbonyl (C=O) groups is 1. The average molecular weight is 285 g/mol. The minimum atomic E-state index is -0.273. The summed E-state index contributed by atoms with van der Waals surface area (Å²) in [5.74, 6) is -0.274. The average Bonchev–Trinajstić information content (AvgIpc) is 2.44. The standard InChI is InChI=1S/C16H16FN3O/c1-9-2-4-11(7-12(9)17)19-15-8-14-10(6-13(15)18)3-5-16(21)20-14/h2,4,6-8,19H,3,5,18H2,1H3,(H,20,21). The molecule has 0 atom stereocenters. The minimum Gasteiger partial charge on any atom is -0.397 e. The Morgan fingerprint density at radius 3 is 2.81 bits per heavy atom. The molecule has 0 saturated heterocycles. The number of anilines is 4. The highest BCUT2D eigenvalue weighted by Gasteiger charge is 2.16. The highest BCUT2D eigenvalue weighted by atomic mass is 19.1. The summed E-state index contributed by atoms with van der Waals surface area (Å²) < 4.78 is 13.6. The maximum Gasteiger partial charge on any atom is 0.224 e. The SMILES string of the molecule is Cc1ccc(Nc2cc3c(cc2N)CCC(=O)N3)cc1F. The number of nitrogen functional groups attached to an aromatic ring is 1. The fourth-order valence-electron chi connectivity index (χ4n) is 2.38. The number of hydrogen-bond donors (Lipinski definition) is 3. The van der Waals surface area contributed by atoms with E-state index >= 15 is 0 Å². The number of carbonyl (C=O) groups excluding carboxylic acids is 1. The van der Waals surface area contributed by atoms with Gasteiger partial charge in [-0.3, -0.25) is 4.79 Å². The lowest BCUT2D eigenvalue weighted by Crippen LogP contribution is -2.19. The molecule has 0 bridgehead atoms. The lowest BCUT2D eigenvalue weighted by molar-refractivity contribution is -0.116. The van der Waals surface area contributed by atoms with Gasteiger partial charge in [0.05, 0.1) is 11.4 Å². The number of amides is 1. The Hall–Kier alpha value is -2.56. The molecular weight excluding hydrogens is 269 g/mol. The van der Waals surface area contributed by atoms with E-state index in [9.17, 15) is 9.18 Å². The van der Waals surface area contributed by atoms with Crippen molar-refractivity contribution in [1.29, 1.82) is 0 Å². The fourth-order valence-corrected chi connectivity index (χ4v) is 2.38. The monoisotopic (exact) mass is 285 g/mol. The lowest BCUT2D eigenvalue weighted by atomic mass is 10.0. The summed E-state index contributed by atoms with van der Waals surface area (Å²) in [7, 11) is 0. The van der Waals surface area contributed by atoms with Gasteiger partial charge in [0.15, 0.2) is 0 Å². The number of halogens is 1. The summed E-state index contributed by atoms with van der Waals surface area (Å²) in [6, 6.07) is 8.55. The smallest absolute Gasteiger partial charge is 0.224 e. The van der Waals surface area contributed by atoms with Gasteiger partial charge in [0.1, 0.15) is 5.82 Å². The van der Waals surface area contributed by atoms with Crippen molar-refractivity contribution in [1.82, 2.24) is 0 Å². The van der Waals surface area contributed by atoms with Gasteiger partial charge in [0.25, 0.3) is 0 Å². The second-order valence-corrected chi connectivity index (χ2v) is 5.23. The molecule has 0 fully saturated rings. The summed E-state index contributed by atoms with van der Waals surface area (Å²) in [5.41, 5.74) is 10.2. The zero-order valence-electron chi connectivity index (χ0n) is 11.7. The fraction of sp³-hybridized carbons (Fsp3) is 0.188. The Bertz CT molecular complexity index is 728. The van der Waals surface area contributed by atoms with E-state index in [1.54, 1.807) is 25.1 Å². The molecule has 4 nitrogen and oxygen atoms in total. The van der Waals surface area contributed by atoms with Crippen molar-refractivity contribution in [2.75, 3.05) is 16.4 Å². The number of fused-ring (bicyclic) bond motifs is 1. The Morgan fingerprint density at radius 2 is 2.05 bits per heavy atom. The third kappa shape index (κ3) is 2.67. The van der Waals surface area contributed by atoms with E-state index in [4.69, 9.17) is 5.73 Å². The van der Waals surface area contributed by atoms with Crippen LogP contribution in [0.4, 0.5) is 27.1 Å². The minimum absolute atomic E-state index is 0.000369. The molecule has 1 heterocycles. The molecule has 21 heavy (non-hydrogen) atoms. The van der Waals surface area contributed by atoms with Gasteiger partial charge in [-0.1, -0.05) is 6.07 Å². The summed E-state index contributed by atoms with van der Waals surface area (Å²) >= 11 is 0. The van der Waals surface area contributed by atoms with Crippen molar-refractivity contribution in [3.05, 3.63) is 47.3 Å². The van der Waals surface area contributed by atoms with Crippen molar-refractivity contribution in [3.63, 3.8) is 0 Å². The molecule has 108 valence electrons. The van der Waals surface area contributed by atoms with Gasteiger partial charge in [-0.15, -0.1) is 0 Å². The molecule has 3 rings (SSSR count). The molecule has 2 aromatic carbocycles. The second kappa shape index (κ2) is 5.09.